The van der Waals surface area contributed by atoms with Crippen molar-refractivity contribution in [1.29, 1.82) is 0 Å². The summed E-state index contributed by atoms with van der Waals surface area (Å²) >= 11 is 0. The average Bonchev–Trinajstić information content (AvgIpc) is 2.89. The van der Waals surface area contributed by atoms with Gasteiger partial charge in [-0.25, -0.2) is 4.79 Å². The second kappa shape index (κ2) is 6.71. The van der Waals surface area contributed by atoms with E-state index in [4.69, 9.17) is 14.2 Å². The number of benzene rings is 1. The van der Waals surface area contributed by atoms with E-state index in [2.05, 4.69) is 0 Å². The molecular weight excluding hydrogens is 310 g/mol. The van der Waals surface area contributed by atoms with Crippen molar-refractivity contribution in [1.82, 2.24) is 4.90 Å². The Kier molecular flexibility index (Phi) is 4.64. The summed E-state index contributed by atoms with van der Waals surface area (Å²) in [6, 6.07) is 7.63. The van der Waals surface area contributed by atoms with E-state index in [1.54, 1.807) is 12.0 Å². The maximum Gasteiger partial charge on any atom is 0.410 e. The summed E-state index contributed by atoms with van der Waals surface area (Å²) in [5.74, 6) is 0.392. The molecule has 1 amide bonds. The van der Waals surface area contributed by atoms with Gasteiger partial charge in [-0.15, -0.1) is 0 Å². The van der Waals surface area contributed by atoms with Gasteiger partial charge in [-0.2, -0.15) is 0 Å². The summed E-state index contributed by atoms with van der Waals surface area (Å²) in [5, 5.41) is 0. The zero-order valence-electron chi connectivity index (χ0n) is 14.1. The number of amides is 1. The molecular formula is C18H23NO5. The maximum atomic E-state index is 12.3. The van der Waals surface area contributed by atoms with Crippen LogP contribution in [0.2, 0.25) is 0 Å². The van der Waals surface area contributed by atoms with Crippen molar-refractivity contribution in [2.75, 3.05) is 20.8 Å². The minimum Gasteiger partial charge on any atom is -0.497 e. The predicted molar refractivity (Wildman–Crippen MR) is 86.6 cm³/mol. The number of ether oxygens (including phenoxy) is 3. The molecule has 130 valence electrons. The Hall–Kier alpha value is -2.24. The predicted octanol–water partition coefficient (Wildman–Crippen LogP) is 2.75. The Morgan fingerprint density at radius 1 is 1.33 bits per heavy atom. The quantitative estimate of drug-likeness (QED) is 0.793. The van der Waals surface area contributed by atoms with Crippen LogP contribution >= 0.6 is 0 Å². The fourth-order valence-electron chi connectivity index (χ4n) is 3.69. The first-order valence-corrected chi connectivity index (χ1v) is 8.24. The zero-order valence-corrected chi connectivity index (χ0v) is 14.1. The number of hydrogen-bond donors (Lipinski definition) is 0. The second-order valence-electron chi connectivity index (χ2n) is 6.57. The fourth-order valence-corrected chi connectivity index (χ4v) is 3.69. The zero-order chi connectivity index (χ0) is 17.2. The van der Waals surface area contributed by atoms with Gasteiger partial charge in [0.05, 0.1) is 26.7 Å². The van der Waals surface area contributed by atoms with Crippen LogP contribution in [0.3, 0.4) is 0 Å². The Bertz CT molecular complexity index is 614. The lowest BCUT2D eigenvalue weighted by molar-refractivity contribution is -0.149. The molecule has 1 aliphatic carbocycles. The molecule has 6 nitrogen and oxygen atoms in total. The van der Waals surface area contributed by atoms with Crippen LogP contribution in [0.25, 0.3) is 0 Å². The van der Waals surface area contributed by atoms with E-state index in [0.29, 0.717) is 19.5 Å². The van der Waals surface area contributed by atoms with Crippen molar-refractivity contribution in [3.8, 4) is 5.75 Å². The maximum absolute atomic E-state index is 12.3. The number of methoxy groups -OCH3 is 2. The summed E-state index contributed by atoms with van der Waals surface area (Å²) < 4.78 is 15.7. The highest BCUT2D eigenvalue weighted by Gasteiger charge is 2.49. The van der Waals surface area contributed by atoms with Gasteiger partial charge in [-0.1, -0.05) is 12.1 Å². The molecule has 1 aromatic carbocycles. The van der Waals surface area contributed by atoms with Crippen molar-refractivity contribution < 1.29 is 23.8 Å². The van der Waals surface area contributed by atoms with Gasteiger partial charge in [0.25, 0.3) is 0 Å². The first-order chi connectivity index (χ1) is 11.5. The summed E-state index contributed by atoms with van der Waals surface area (Å²) in [5.41, 5.74) is 0.464. The summed E-state index contributed by atoms with van der Waals surface area (Å²) in [4.78, 5) is 25.8. The molecule has 1 saturated heterocycles. The van der Waals surface area contributed by atoms with Gasteiger partial charge in [0.15, 0.2) is 0 Å². The number of esters is 1. The van der Waals surface area contributed by atoms with E-state index in [1.165, 1.54) is 7.11 Å². The minimum atomic E-state index is -0.555. The number of rotatable bonds is 4. The van der Waals surface area contributed by atoms with E-state index in [0.717, 1.165) is 30.6 Å². The van der Waals surface area contributed by atoms with E-state index in [1.807, 2.05) is 24.3 Å². The lowest BCUT2D eigenvalue weighted by Gasteiger charge is -2.34. The molecule has 24 heavy (non-hydrogen) atoms. The Morgan fingerprint density at radius 2 is 2.08 bits per heavy atom. The van der Waals surface area contributed by atoms with E-state index in [9.17, 15) is 9.59 Å². The topological polar surface area (TPSA) is 65.1 Å². The van der Waals surface area contributed by atoms with Gasteiger partial charge in [0, 0.05) is 13.0 Å². The molecule has 2 unspecified atom stereocenters. The van der Waals surface area contributed by atoms with Crippen molar-refractivity contribution in [2.24, 2.45) is 5.92 Å². The van der Waals surface area contributed by atoms with Crippen LogP contribution < -0.4 is 4.74 Å². The molecule has 0 radical (unpaired) electrons. The summed E-state index contributed by atoms with van der Waals surface area (Å²) in [6.45, 7) is 1.01. The van der Waals surface area contributed by atoms with E-state index < -0.39 is 5.60 Å². The molecule has 2 fully saturated rings. The van der Waals surface area contributed by atoms with E-state index >= 15 is 0 Å². The molecule has 1 aliphatic heterocycles. The number of carbonyl (C=O) groups excluding carboxylic acids is 2. The van der Waals surface area contributed by atoms with E-state index in [-0.39, 0.29) is 18.0 Å². The normalized spacial score (nSPS) is 26.3. The van der Waals surface area contributed by atoms with Crippen molar-refractivity contribution in [3.05, 3.63) is 29.8 Å². The summed E-state index contributed by atoms with van der Waals surface area (Å²) in [6.07, 6.45) is 2.69. The third-order valence-corrected chi connectivity index (χ3v) is 4.91. The van der Waals surface area contributed by atoms with Gasteiger partial charge < -0.3 is 14.2 Å². The van der Waals surface area contributed by atoms with Crippen LogP contribution in [-0.4, -0.2) is 43.3 Å². The van der Waals surface area contributed by atoms with Crippen molar-refractivity contribution in [2.45, 2.75) is 37.8 Å². The highest BCUT2D eigenvalue weighted by molar-refractivity contribution is 5.74. The Balaban J connectivity index is 1.67. The first kappa shape index (κ1) is 16.6. The minimum absolute atomic E-state index is 0.183. The molecule has 6 heteroatoms. The number of carbonyl (C=O) groups is 2. The SMILES string of the molecule is COC(=O)C1CCCC2(C1)CN(Cc1ccc(OC)cc1)C(=O)O2. The first-order valence-electron chi connectivity index (χ1n) is 8.24. The molecule has 2 aliphatic rings. The fraction of sp³-hybridized carbons (Fsp3) is 0.556. The highest BCUT2D eigenvalue weighted by Crippen LogP contribution is 2.40. The molecule has 0 aromatic heterocycles. The van der Waals surface area contributed by atoms with Crippen LogP contribution in [0, 0.1) is 5.92 Å². The second-order valence-corrected chi connectivity index (χ2v) is 6.57. The van der Waals surface area contributed by atoms with Crippen LogP contribution in [-0.2, 0) is 20.8 Å². The van der Waals surface area contributed by atoms with Crippen LogP contribution in [0.5, 0.6) is 5.75 Å². The molecule has 1 aromatic rings. The molecule has 0 N–H and O–H groups in total. The molecule has 0 bridgehead atoms. The average molecular weight is 333 g/mol. The van der Waals surface area contributed by atoms with Crippen LogP contribution in [0.1, 0.15) is 31.2 Å². The molecule has 1 heterocycles. The number of nitrogens with zero attached hydrogens (tertiary/aromatic N) is 1. The number of hydrogen-bond acceptors (Lipinski definition) is 5. The van der Waals surface area contributed by atoms with Gasteiger partial charge in [-0.3, -0.25) is 9.69 Å². The van der Waals surface area contributed by atoms with Gasteiger partial charge >= 0.3 is 12.1 Å². The van der Waals surface area contributed by atoms with Gasteiger partial charge in [-0.05, 0) is 37.0 Å². The Morgan fingerprint density at radius 3 is 2.75 bits per heavy atom. The van der Waals surface area contributed by atoms with Crippen molar-refractivity contribution >= 4 is 12.1 Å². The smallest absolute Gasteiger partial charge is 0.410 e. The lowest BCUT2D eigenvalue weighted by Crippen LogP contribution is -2.41. The molecule has 1 spiro atoms. The molecule has 3 rings (SSSR count). The van der Waals surface area contributed by atoms with Crippen molar-refractivity contribution in [3.63, 3.8) is 0 Å². The lowest BCUT2D eigenvalue weighted by atomic mass is 9.78. The summed E-state index contributed by atoms with van der Waals surface area (Å²) in [7, 11) is 3.03. The van der Waals surface area contributed by atoms with Crippen LogP contribution in [0.15, 0.2) is 24.3 Å². The molecule has 1 saturated carbocycles. The van der Waals surface area contributed by atoms with Gasteiger partial charge in [0.2, 0.25) is 0 Å². The highest BCUT2D eigenvalue weighted by atomic mass is 16.6. The monoisotopic (exact) mass is 333 g/mol. The third kappa shape index (κ3) is 3.32. The Labute approximate surface area is 141 Å². The third-order valence-electron chi connectivity index (χ3n) is 4.91. The largest absolute Gasteiger partial charge is 0.497 e. The molecule has 2 atom stereocenters. The standard InChI is InChI=1S/C18H23NO5/c1-22-15-7-5-13(6-8-15)11-19-12-18(24-17(19)21)9-3-4-14(10-18)16(20)23-2/h5-8,14H,3-4,9-12H2,1-2H3. The van der Waals surface area contributed by atoms with Crippen LogP contribution in [0.4, 0.5) is 4.79 Å². The van der Waals surface area contributed by atoms with Gasteiger partial charge in [0.1, 0.15) is 11.4 Å².